The molecule has 73 heavy (non-hydrogen) atoms. The number of aryl methyl sites for hydroxylation is 3. The number of aromatic nitrogens is 5. The Morgan fingerprint density at radius 3 is 1.92 bits per heavy atom. The molecule has 11 heteroatoms. The predicted molar refractivity (Wildman–Crippen MR) is 288 cm³/mol. The Labute approximate surface area is 533 Å². The van der Waals surface area contributed by atoms with E-state index in [1.807, 2.05) is 0 Å². The van der Waals surface area contributed by atoms with Crippen molar-refractivity contribution in [3.8, 4) is 11.3 Å². The van der Waals surface area contributed by atoms with Gasteiger partial charge in [-0.2, -0.15) is 0 Å². The molecular weight excluding hydrogens is 1440 g/mol. The number of hydrogen-bond donors (Lipinski definition) is 1. The third-order valence-corrected chi connectivity index (χ3v) is 9.92. The van der Waals surface area contributed by atoms with Crippen LogP contribution in [0, 0.1) is 52.5 Å². The number of benzene rings is 9. The third-order valence-electron chi connectivity index (χ3n) is 9.92. The minimum absolute atomic E-state index is 0. The number of rotatable bonds is 2. The molecule has 13 aromatic rings. The minimum Gasteiger partial charge on any atom is -0.512 e. The summed E-state index contributed by atoms with van der Waals surface area (Å²) in [6.45, 7) is -24.7. The van der Waals surface area contributed by atoms with Gasteiger partial charge in [-0.05, 0) is 73.2 Å². The molecule has 4 aromatic heterocycles. The standard InChI is InChI=1S/C24H19N2.C17H13N2.C16H10NO.C5H8O2.3Ir/c1-15-11-12-21-20(13-15)18-9-4-5-10-19(18)24-25-14-22(26(21)24)23-16(2)7-6-8-17(23)3;1-11-18-16-14-9-5-3-7-12(14)13-8-4-6-10-15(13)17(16)19(11)2;1-10-17-15-13-8-4-2-6-11(13)12-7-3-5-9-14(12)16(15)18-10;1-4(6)3-5(2)7;;;/h4-9,11-14H,1-3H3;3-8,10H,1-2H3;2-7,9H,1H3;3,6H,1-2H3;;;/q3*-1;;;;/i1D3,2D3,3D3,4D,5D,6D,7D,8D,9D,11D,12D,13D,14D;1D3,2D3,3D,4D,5D,6D,7D,8D,10D;1D3,2D,3D,4D,5D,6D,7D,9D;1D3,2D3,3D;;;. The van der Waals surface area contributed by atoms with Gasteiger partial charge in [-0.3, -0.25) is 19.7 Å². The van der Waals surface area contributed by atoms with Crippen molar-refractivity contribution in [3.05, 3.63) is 204 Å². The summed E-state index contributed by atoms with van der Waals surface area (Å²) in [5.41, 5.74) is -6.56. The number of carbonyl (C=O) groups excluding carboxylic acids is 1. The maximum Gasteiger partial charge on any atom is 0.181 e. The van der Waals surface area contributed by atoms with E-state index in [0.717, 1.165) is 4.40 Å². The maximum absolute atomic E-state index is 10.8. The van der Waals surface area contributed by atoms with Crippen molar-refractivity contribution in [2.45, 2.75) is 48.0 Å². The van der Waals surface area contributed by atoms with E-state index in [2.05, 4.69) is 33.2 Å². The van der Waals surface area contributed by atoms with E-state index in [1.165, 1.54) is 0 Å². The second-order valence-electron chi connectivity index (χ2n) is 13.9. The van der Waals surface area contributed by atoms with Crippen LogP contribution in [0.5, 0.6) is 0 Å². The summed E-state index contributed by atoms with van der Waals surface area (Å²) >= 11 is 0. The number of fused-ring (bicyclic) bond motifs is 18. The van der Waals surface area contributed by atoms with Crippen LogP contribution in [0.1, 0.15) is 109 Å². The average molecular weight is 1540 g/mol. The van der Waals surface area contributed by atoms with Crippen molar-refractivity contribution < 1.29 is 142 Å². The van der Waals surface area contributed by atoms with Crippen LogP contribution in [-0.2, 0) is 72.1 Å². The smallest absolute Gasteiger partial charge is 0.181 e. The van der Waals surface area contributed by atoms with Gasteiger partial charge in [0.1, 0.15) is 5.58 Å². The summed E-state index contributed by atoms with van der Waals surface area (Å²) in [7, 11) is 0. The molecule has 371 valence electrons. The fraction of sp³-hybridized carbons (Fsp3) is 0.129. The number of allylic oxidation sites excluding steroid dienone is 2. The van der Waals surface area contributed by atoms with Crippen molar-refractivity contribution >= 4 is 98.3 Å². The van der Waals surface area contributed by atoms with Crippen molar-refractivity contribution in [1.82, 2.24) is 23.9 Å². The molecule has 3 radical (unpaired) electrons. The predicted octanol–water partition coefficient (Wildman–Crippen LogP) is 15.3. The zero-order valence-electron chi connectivity index (χ0n) is 84.5. The van der Waals surface area contributed by atoms with Crippen molar-refractivity contribution in [2.24, 2.45) is 6.98 Å². The SMILES string of the molecule is [2H]C(C(=O)C([2H])([2H])[2H])=C(O)C([2H])([2H])[2H].[2H]c1[c-]c2c(c([2H])c1[2H])c1c([2H])c(C([2H])([2H])[2H])c([2H])c([2H])c1n1c(-c3c(C([2H])([2H])[2H])c([2H])c([2H])c([2H])c3C([2H])([2H])[2H])c([2H])nc21.[2H]c1[c-]c2c3nc(C([2H])([2H])[2H])n(C([2H])([2H])[2H])c3c3c([2H])c([2H])c([2H])c([2H])c3c2c([2H])c1[2H].[2H]c1[c-]c2c3nc(C([2H])([2H])[2H])oc3c3c([2H])c([2H])c([2H])c([2H])c3c2c([2H])c1[2H].[Ir].[Ir].[Ir]. The number of pyridine rings is 1. The second-order valence-corrected chi connectivity index (χ2v) is 13.9. The van der Waals surface area contributed by atoms with Crippen LogP contribution in [0.2, 0.25) is 0 Å². The number of carbonyl (C=O) groups is 1. The molecule has 1 N–H and O–H groups in total. The van der Waals surface area contributed by atoms with Crippen LogP contribution in [0.3, 0.4) is 0 Å². The molecule has 0 amide bonds. The Kier molecular flexibility index (Phi) is 5.96. The molecule has 4 heterocycles. The van der Waals surface area contributed by atoms with Gasteiger partial charge in [0.2, 0.25) is 0 Å². The van der Waals surface area contributed by atoms with E-state index >= 15 is 0 Å². The molecule has 0 spiro atoms. The van der Waals surface area contributed by atoms with Gasteiger partial charge >= 0.3 is 0 Å². The van der Waals surface area contributed by atoms with Crippen LogP contribution in [0.25, 0.3) is 104 Å². The second kappa shape index (κ2) is 22.6. The molecular formula is C62H50Ir3N5O3-3. The number of imidazole rings is 2. The first-order chi connectivity index (χ1) is 53.9. The van der Waals surface area contributed by atoms with Crippen LogP contribution >= 0.6 is 0 Å². The number of hydrogen-bond acceptors (Lipinski definition) is 6. The molecule has 0 saturated carbocycles. The Morgan fingerprint density at radius 2 is 1.29 bits per heavy atom. The van der Waals surface area contributed by atoms with Crippen molar-refractivity contribution in [3.63, 3.8) is 0 Å². The molecule has 0 unspecified atom stereocenters. The van der Waals surface area contributed by atoms with E-state index in [-0.39, 0.29) is 131 Å². The molecule has 0 aliphatic heterocycles. The van der Waals surface area contributed by atoms with Gasteiger partial charge in [0, 0.05) is 161 Å². The molecule has 0 aliphatic carbocycles. The number of aliphatic hydroxyl groups excluding tert-OH is 1. The summed E-state index contributed by atoms with van der Waals surface area (Å²) in [5, 5.41) is 6.35. The molecule has 9 aromatic carbocycles. The molecule has 8 nitrogen and oxygen atoms in total. The molecule has 0 fully saturated rings. The maximum atomic E-state index is 10.8. The molecule has 0 atom stereocenters. The van der Waals surface area contributed by atoms with E-state index < -0.39 is 279 Å². The average Bonchev–Trinajstić information content (AvgIpc) is 1.44. The van der Waals surface area contributed by atoms with Gasteiger partial charge in [0.25, 0.3) is 0 Å². The number of ketones is 1. The monoisotopic (exact) mass is 1540 g/mol. The van der Waals surface area contributed by atoms with E-state index in [9.17, 15) is 4.79 Å². The van der Waals surface area contributed by atoms with Gasteiger partial charge in [-0.1, -0.05) is 111 Å². The molecule has 13 rings (SSSR count). The van der Waals surface area contributed by atoms with Gasteiger partial charge in [-0.25, -0.2) is 0 Å². The Balaban J connectivity index is 0.000000236. The number of aliphatic hydroxyl groups is 1. The minimum atomic E-state index is -3.31. The summed E-state index contributed by atoms with van der Waals surface area (Å²) < 4.78 is 394. The zero-order chi connectivity index (χ0) is 90.5. The first-order valence-corrected chi connectivity index (χ1v) is 19.3. The van der Waals surface area contributed by atoms with Crippen LogP contribution in [0.15, 0.2) is 161 Å². The van der Waals surface area contributed by atoms with Crippen LogP contribution in [-0.4, -0.2) is 34.8 Å². The quantitative estimate of drug-likeness (QED) is 0.0801. The molecule has 0 saturated heterocycles. The first kappa shape index (κ1) is 19.2. The largest absolute Gasteiger partial charge is 0.512 e. The normalized spacial score (nSPS) is 22.3. The zero-order valence-corrected chi connectivity index (χ0v) is 42.7. The fourth-order valence-electron chi connectivity index (χ4n) is 7.22. The summed E-state index contributed by atoms with van der Waals surface area (Å²) in [6, 6.07) is -9.30. The van der Waals surface area contributed by atoms with Gasteiger partial charge in [0.15, 0.2) is 11.7 Å². The number of oxazole rings is 1. The fourth-order valence-corrected chi connectivity index (χ4v) is 7.22. The molecule has 0 bridgehead atoms. The Morgan fingerprint density at radius 1 is 0.658 bits per heavy atom. The van der Waals surface area contributed by atoms with Gasteiger partial charge < -0.3 is 18.5 Å². The number of nitrogens with zero attached hydrogens (tertiary/aromatic N) is 5. The Bertz CT molecular complexity index is 6600. The topological polar surface area (TPSA) is 98.4 Å². The van der Waals surface area contributed by atoms with E-state index in [4.69, 9.17) is 76.7 Å². The summed E-state index contributed by atoms with van der Waals surface area (Å²) in [4.78, 5) is 22.9. The first-order valence-electron chi connectivity index (χ1n) is 43.8. The molecule has 0 aliphatic rings. The Hall–Kier alpha value is -6.67. The van der Waals surface area contributed by atoms with E-state index in [1.54, 1.807) is 0 Å². The van der Waals surface area contributed by atoms with Gasteiger partial charge in [0.05, 0.1) is 44.9 Å². The van der Waals surface area contributed by atoms with Gasteiger partial charge in [-0.15, -0.1) is 88.7 Å². The van der Waals surface area contributed by atoms with Crippen LogP contribution < -0.4 is 0 Å². The van der Waals surface area contributed by atoms with Crippen LogP contribution in [0.4, 0.5) is 0 Å². The third kappa shape index (κ3) is 10.2. The van der Waals surface area contributed by atoms with Crippen molar-refractivity contribution in [2.75, 3.05) is 0 Å². The van der Waals surface area contributed by atoms with E-state index in [0.29, 0.717) is 4.57 Å². The van der Waals surface area contributed by atoms with Crippen molar-refractivity contribution in [1.29, 1.82) is 0 Å². The summed E-state index contributed by atoms with van der Waals surface area (Å²) in [5.74, 6) is -4.66. The summed E-state index contributed by atoms with van der Waals surface area (Å²) in [6.07, 6.45) is -0.880.